The largest absolute Gasteiger partial charge is 0.379 e. The van der Waals surface area contributed by atoms with Crippen LogP contribution in [0.2, 0.25) is 0 Å². The summed E-state index contributed by atoms with van der Waals surface area (Å²) in [7, 11) is 0. The minimum Gasteiger partial charge on any atom is -0.379 e. The van der Waals surface area contributed by atoms with Gasteiger partial charge in [-0.05, 0) is 26.3 Å². The van der Waals surface area contributed by atoms with Crippen molar-refractivity contribution in [2.45, 2.75) is 39.3 Å². The molecule has 0 fully saturated rings. The van der Waals surface area contributed by atoms with Crippen LogP contribution >= 0.6 is 0 Å². The van der Waals surface area contributed by atoms with Crippen LogP contribution in [0.1, 0.15) is 26.7 Å². The van der Waals surface area contributed by atoms with E-state index in [9.17, 15) is 9.59 Å². The maximum Gasteiger partial charge on any atom is 0.266 e. The van der Waals surface area contributed by atoms with E-state index in [0.717, 1.165) is 12.0 Å². The number of nitrogens with zero attached hydrogens (tertiary/aromatic N) is 2. The molecular formula is C19H25N3O3. The van der Waals surface area contributed by atoms with Crippen LogP contribution < -0.4 is 10.9 Å². The van der Waals surface area contributed by atoms with Gasteiger partial charge in [0.2, 0.25) is 5.91 Å². The van der Waals surface area contributed by atoms with E-state index in [2.05, 4.69) is 10.4 Å². The quantitative estimate of drug-likeness (QED) is 0.709. The Kier molecular flexibility index (Phi) is 7.35. The van der Waals surface area contributed by atoms with E-state index in [1.807, 2.05) is 44.2 Å². The number of aromatic nitrogens is 2. The van der Waals surface area contributed by atoms with E-state index in [4.69, 9.17) is 4.74 Å². The van der Waals surface area contributed by atoms with E-state index in [-0.39, 0.29) is 30.5 Å². The van der Waals surface area contributed by atoms with Crippen LogP contribution in [0.4, 0.5) is 0 Å². The molecule has 6 heteroatoms. The molecule has 1 N–H and O–H groups in total. The summed E-state index contributed by atoms with van der Waals surface area (Å²) in [6.07, 6.45) is 1.19. The van der Waals surface area contributed by atoms with Crippen LogP contribution in [-0.2, 0) is 16.1 Å². The molecule has 6 nitrogen and oxygen atoms in total. The number of amides is 1. The Bertz CT molecular complexity index is 726. The first-order valence-corrected chi connectivity index (χ1v) is 8.58. The summed E-state index contributed by atoms with van der Waals surface area (Å²) >= 11 is 0. The highest BCUT2D eigenvalue weighted by Gasteiger charge is 2.06. The van der Waals surface area contributed by atoms with Crippen molar-refractivity contribution in [2.24, 2.45) is 0 Å². The smallest absolute Gasteiger partial charge is 0.266 e. The molecule has 2 aromatic rings. The molecule has 1 aromatic carbocycles. The number of ether oxygens (including phenoxy) is 1. The molecule has 1 amide bonds. The highest BCUT2D eigenvalue weighted by atomic mass is 16.5. The van der Waals surface area contributed by atoms with Crippen molar-refractivity contribution in [3.8, 4) is 11.3 Å². The molecule has 0 saturated carbocycles. The van der Waals surface area contributed by atoms with E-state index in [0.29, 0.717) is 18.8 Å². The van der Waals surface area contributed by atoms with E-state index in [1.54, 1.807) is 6.07 Å². The minimum atomic E-state index is -0.210. The van der Waals surface area contributed by atoms with Gasteiger partial charge < -0.3 is 10.1 Å². The average molecular weight is 343 g/mol. The van der Waals surface area contributed by atoms with Crippen molar-refractivity contribution in [3.63, 3.8) is 0 Å². The molecule has 0 atom stereocenters. The molecule has 0 bridgehead atoms. The lowest BCUT2D eigenvalue weighted by molar-refractivity contribution is -0.121. The Hall–Kier alpha value is -2.47. The number of carbonyl (C=O) groups is 1. The maximum absolute atomic E-state index is 11.9. The molecule has 0 aliphatic carbocycles. The van der Waals surface area contributed by atoms with Gasteiger partial charge in [0, 0.05) is 31.2 Å². The monoisotopic (exact) mass is 343 g/mol. The zero-order chi connectivity index (χ0) is 18.1. The van der Waals surface area contributed by atoms with Crippen LogP contribution in [0.3, 0.4) is 0 Å². The number of aryl methyl sites for hydroxylation is 1. The summed E-state index contributed by atoms with van der Waals surface area (Å²) in [4.78, 5) is 23.8. The Morgan fingerprint density at radius 1 is 1.20 bits per heavy atom. The molecule has 0 aliphatic rings. The van der Waals surface area contributed by atoms with Gasteiger partial charge >= 0.3 is 0 Å². The van der Waals surface area contributed by atoms with Gasteiger partial charge in [0.15, 0.2) is 0 Å². The van der Waals surface area contributed by atoms with Crippen molar-refractivity contribution in [3.05, 3.63) is 52.8 Å². The van der Waals surface area contributed by atoms with Crippen molar-refractivity contribution in [2.75, 3.05) is 13.2 Å². The predicted octanol–water partition coefficient (Wildman–Crippen LogP) is 2.23. The second kappa shape index (κ2) is 9.74. The second-order valence-corrected chi connectivity index (χ2v) is 6.02. The summed E-state index contributed by atoms with van der Waals surface area (Å²) in [5, 5.41) is 7.18. The number of rotatable bonds is 9. The number of nitrogens with one attached hydrogen (secondary N) is 1. The Labute approximate surface area is 147 Å². The summed E-state index contributed by atoms with van der Waals surface area (Å²) in [5.74, 6) is -0.0941. The highest BCUT2D eigenvalue weighted by Crippen LogP contribution is 2.13. The second-order valence-electron chi connectivity index (χ2n) is 6.02. The molecule has 2 rings (SSSR count). The van der Waals surface area contributed by atoms with Gasteiger partial charge in [0.05, 0.1) is 18.3 Å². The van der Waals surface area contributed by atoms with Crippen molar-refractivity contribution in [1.82, 2.24) is 15.1 Å². The Morgan fingerprint density at radius 3 is 2.68 bits per heavy atom. The maximum atomic E-state index is 11.9. The number of carbonyl (C=O) groups excluding carboxylic acids is 1. The van der Waals surface area contributed by atoms with Crippen molar-refractivity contribution in [1.29, 1.82) is 0 Å². The van der Waals surface area contributed by atoms with Crippen LogP contribution in [0.5, 0.6) is 0 Å². The van der Waals surface area contributed by atoms with Crippen LogP contribution in [0, 0.1) is 0 Å². The number of hydrogen-bond donors (Lipinski definition) is 1. The van der Waals surface area contributed by atoms with Crippen LogP contribution in [0.25, 0.3) is 11.3 Å². The number of benzene rings is 1. The molecule has 1 heterocycles. The average Bonchev–Trinajstić information content (AvgIpc) is 2.61. The van der Waals surface area contributed by atoms with Crippen LogP contribution in [0.15, 0.2) is 47.3 Å². The summed E-state index contributed by atoms with van der Waals surface area (Å²) in [6.45, 7) is 5.41. The zero-order valence-electron chi connectivity index (χ0n) is 14.8. The lowest BCUT2D eigenvalue weighted by atomic mass is 10.1. The lowest BCUT2D eigenvalue weighted by Gasteiger charge is -2.09. The summed E-state index contributed by atoms with van der Waals surface area (Å²) < 4.78 is 6.75. The van der Waals surface area contributed by atoms with Gasteiger partial charge in [-0.3, -0.25) is 9.59 Å². The van der Waals surface area contributed by atoms with E-state index >= 15 is 0 Å². The fourth-order valence-corrected chi connectivity index (χ4v) is 2.29. The normalized spacial score (nSPS) is 10.8. The van der Waals surface area contributed by atoms with Gasteiger partial charge in [-0.2, -0.15) is 5.10 Å². The third kappa shape index (κ3) is 6.51. The van der Waals surface area contributed by atoms with Crippen molar-refractivity contribution >= 4 is 5.91 Å². The minimum absolute atomic E-state index is 0.0941. The van der Waals surface area contributed by atoms with Crippen LogP contribution in [-0.4, -0.2) is 34.9 Å². The lowest BCUT2D eigenvalue weighted by Crippen LogP contribution is -2.29. The molecule has 0 aliphatic heterocycles. The topological polar surface area (TPSA) is 73.2 Å². The molecule has 0 radical (unpaired) electrons. The van der Waals surface area contributed by atoms with Gasteiger partial charge in [-0.1, -0.05) is 30.3 Å². The van der Waals surface area contributed by atoms with Gasteiger partial charge in [-0.25, -0.2) is 4.68 Å². The molecule has 0 unspecified atom stereocenters. The Morgan fingerprint density at radius 2 is 1.96 bits per heavy atom. The predicted molar refractivity (Wildman–Crippen MR) is 97.3 cm³/mol. The molecule has 0 saturated heterocycles. The highest BCUT2D eigenvalue weighted by molar-refractivity contribution is 5.75. The molecule has 1 aromatic heterocycles. The van der Waals surface area contributed by atoms with Crippen molar-refractivity contribution < 1.29 is 9.53 Å². The first-order chi connectivity index (χ1) is 12.1. The van der Waals surface area contributed by atoms with E-state index in [1.165, 1.54) is 10.7 Å². The standard InChI is InChI=1S/C19H25N3O3/c1-15(2)25-14-6-12-20-18(23)11-13-22-19(24)10-9-17(21-22)16-7-4-3-5-8-16/h3-5,7-10,15H,6,11-14H2,1-2H3,(H,20,23). The summed E-state index contributed by atoms with van der Waals surface area (Å²) in [6, 6.07) is 12.8. The molecule has 0 spiro atoms. The molecule has 134 valence electrons. The zero-order valence-corrected chi connectivity index (χ0v) is 14.8. The first-order valence-electron chi connectivity index (χ1n) is 8.58. The SMILES string of the molecule is CC(C)OCCCNC(=O)CCn1nc(-c2ccccc2)ccc1=O. The van der Waals surface area contributed by atoms with Gasteiger partial charge in [0.25, 0.3) is 5.56 Å². The Balaban J connectivity index is 1.84. The third-order valence-electron chi connectivity index (χ3n) is 3.58. The van der Waals surface area contributed by atoms with Gasteiger partial charge in [-0.15, -0.1) is 0 Å². The molecule has 25 heavy (non-hydrogen) atoms. The third-order valence-corrected chi connectivity index (χ3v) is 3.58. The number of hydrogen-bond acceptors (Lipinski definition) is 4. The van der Waals surface area contributed by atoms with Gasteiger partial charge in [0.1, 0.15) is 0 Å². The summed E-state index contributed by atoms with van der Waals surface area (Å²) in [5.41, 5.74) is 1.44. The molecular weight excluding hydrogens is 318 g/mol. The fraction of sp³-hybridized carbons (Fsp3) is 0.421. The van der Waals surface area contributed by atoms with E-state index < -0.39 is 0 Å². The fourth-order valence-electron chi connectivity index (χ4n) is 2.29. The first kappa shape index (κ1) is 18.9.